The van der Waals surface area contributed by atoms with Crippen LogP contribution in [0.25, 0.3) is 0 Å². The van der Waals surface area contributed by atoms with E-state index in [1.807, 2.05) is 13.0 Å². The fraction of sp³-hybridized carbons (Fsp3) is 0.375. The molecule has 2 aromatic rings. The number of benzene rings is 1. The molecule has 1 N–H and O–H groups in total. The average molecular weight is 305 g/mol. The molecule has 1 amide bonds. The summed E-state index contributed by atoms with van der Waals surface area (Å²) >= 11 is 0. The van der Waals surface area contributed by atoms with E-state index in [1.165, 1.54) is 12.1 Å². The summed E-state index contributed by atoms with van der Waals surface area (Å²) in [5.41, 5.74) is 1.59. The van der Waals surface area contributed by atoms with Crippen molar-refractivity contribution in [3.05, 3.63) is 53.2 Å². The van der Waals surface area contributed by atoms with Gasteiger partial charge in [0.05, 0.1) is 12.2 Å². The first-order chi connectivity index (χ1) is 10.5. The second kappa shape index (κ2) is 7.17. The lowest BCUT2D eigenvalue weighted by Gasteiger charge is -2.23. The molecule has 0 aliphatic carbocycles. The molecule has 1 aromatic carbocycles. The Labute approximate surface area is 129 Å². The number of hydrogen-bond donors (Lipinski definition) is 1. The number of nitrogens with zero attached hydrogens (tertiary/aromatic N) is 2. The normalized spacial score (nSPS) is 12.4. The van der Waals surface area contributed by atoms with Crippen LogP contribution in [0, 0.1) is 5.82 Å². The second-order valence-corrected chi connectivity index (χ2v) is 5.27. The molecule has 118 valence electrons. The molecule has 0 spiro atoms. The van der Waals surface area contributed by atoms with Gasteiger partial charge in [0.25, 0.3) is 0 Å². The van der Waals surface area contributed by atoms with E-state index in [0.29, 0.717) is 5.76 Å². The summed E-state index contributed by atoms with van der Waals surface area (Å²) in [4.78, 5) is 14.2. The van der Waals surface area contributed by atoms with Gasteiger partial charge in [-0.25, -0.2) is 4.39 Å². The number of aryl methyl sites for hydroxylation is 1. The zero-order valence-electron chi connectivity index (χ0n) is 13.0. The van der Waals surface area contributed by atoms with Crippen molar-refractivity contribution >= 4 is 5.91 Å². The number of nitrogens with one attached hydrogen (secondary N) is 1. The van der Waals surface area contributed by atoms with Gasteiger partial charge in [-0.2, -0.15) is 0 Å². The number of halogens is 1. The van der Waals surface area contributed by atoms with Crippen LogP contribution >= 0.6 is 0 Å². The largest absolute Gasteiger partial charge is 0.359 e. The summed E-state index contributed by atoms with van der Waals surface area (Å²) in [7, 11) is 3.61. The highest BCUT2D eigenvalue weighted by Crippen LogP contribution is 2.19. The number of carbonyl (C=O) groups excluding carboxylic acids is 1. The van der Waals surface area contributed by atoms with Crippen molar-refractivity contribution < 1.29 is 13.7 Å². The van der Waals surface area contributed by atoms with Crippen LogP contribution in [0.3, 0.4) is 0 Å². The standard InChI is InChI=1S/C16H20FN3O2/c1-4-13-9-14(22-19-13)10-18-16(21)15(20(2)3)11-5-7-12(17)8-6-11/h5-9,15H,4,10H2,1-3H3,(H,18,21)/t15-/m1/s1. The Balaban J connectivity index is 2.05. The number of likely N-dealkylation sites (N-methyl/N-ethyl adjacent to an activating group) is 1. The van der Waals surface area contributed by atoms with Crippen LogP contribution in [-0.4, -0.2) is 30.1 Å². The lowest BCUT2D eigenvalue weighted by atomic mass is 10.1. The lowest BCUT2D eigenvalue weighted by Crippen LogP contribution is -2.36. The van der Waals surface area contributed by atoms with Gasteiger partial charge in [0, 0.05) is 6.07 Å². The first kappa shape index (κ1) is 16.2. The van der Waals surface area contributed by atoms with Gasteiger partial charge < -0.3 is 9.84 Å². The number of rotatable bonds is 6. The van der Waals surface area contributed by atoms with Crippen molar-refractivity contribution in [1.82, 2.24) is 15.4 Å². The maximum Gasteiger partial charge on any atom is 0.242 e. The van der Waals surface area contributed by atoms with E-state index in [9.17, 15) is 9.18 Å². The molecule has 0 unspecified atom stereocenters. The summed E-state index contributed by atoms with van der Waals surface area (Å²) in [5.74, 6) is 0.114. The van der Waals surface area contributed by atoms with E-state index in [-0.39, 0.29) is 18.3 Å². The monoisotopic (exact) mass is 305 g/mol. The van der Waals surface area contributed by atoms with Gasteiger partial charge in [-0.15, -0.1) is 0 Å². The van der Waals surface area contributed by atoms with Crippen LogP contribution in [0.15, 0.2) is 34.9 Å². The van der Waals surface area contributed by atoms with Crippen molar-refractivity contribution in [1.29, 1.82) is 0 Å². The molecule has 0 fully saturated rings. The molecule has 0 aliphatic heterocycles. The van der Waals surface area contributed by atoms with Crippen molar-refractivity contribution in [3.63, 3.8) is 0 Å². The third-order valence-electron chi connectivity index (χ3n) is 3.36. The molecule has 22 heavy (non-hydrogen) atoms. The van der Waals surface area contributed by atoms with Crippen molar-refractivity contribution in [2.75, 3.05) is 14.1 Å². The van der Waals surface area contributed by atoms with Crippen LogP contribution in [0.1, 0.15) is 30.0 Å². The Morgan fingerprint density at radius 1 is 1.36 bits per heavy atom. The molecule has 0 saturated carbocycles. The Bertz CT molecular complexity index is 623. The van der Waals surface area contributed by atoms with E-state index >= 15 is 0 Å². The molecule has 1 aromatic heterocycles. The van der Waals surface area contributed by atoms with E-state index in [4.69, 9.17) is 4.52 Å². The Morgan fingerprint density at radius 2 is 2.05 bits per heavy atom. The van der Waals surface area contributed by atoms with Crippen molar-refractivity contribution in [3.8, 4) is 0 Å². The first-order valence-electron chi connectivity index (χ1n) is 7.15. The second-order valence-electron chi connectivity index (χ2n) is 5.27. The number of hydrogen-bond acceptors (Lipinski definition) is 4. The van der Waals surface area contributed by atoms with Crippen LogP contribution in [-0.2, 0) is 17.8 Å². The summed E-state index contributed by atoms with van der Waals surface area (Å²) in [6.45, 7) is 2.26. The molecule has 2 rings (SSSR count). The molecule has 0 aliphatic rings. The maximum atomic E-state index is 13.0. The smallest absolute Gasteiger partial charge is 0.242 e. The topological polar surface area (TPSA) is 58.4 Å². The third kappa shape index (κ3) is 3.92. The van der Waals surface area contributed by atoms with Crippen molar-refractivity contribution in [2.24, 2.45) is 0 Å². The zero-order valence-corrected chi connectivity index (χ0v) is 13.0. The van der Waals surface area contributed by atoms with Gasteiger partial charge in [0.1, 0.15) is 11.9 Å². The Hall–Kier alpha value is -2.21. The molecule has 1 atom stereocenters. The average Bonchev–Trinajstić information content (AvgIpc) is 2.95. The Morgan fingerprint density at radius 3 is 2.59 bits per heavy atom. The number of carbonyl (C=O) groups is 1. The molecule has 5 nitrogen and oxygen atoms in total. The number of amides is 1. The number of aromatic nitrogens is 1. The quantitative estimate of drug-likeness (QED) is 0.889. The maximum absolute atomic E-state index is 13.0. The SMILES string of the molecule is CCc1cc(CNC(=O)[C@@H](c2ccc(F)cc2)N(C)C)on1. The van der Waals surface area contributed by atoms with Gasteiger partial charge in [-0.05, 0) is 38.2 Å². The summed E-state index contributed by atoms with van der Waals surface area (Å²) in [6, 6.07) is 7.26. The summed E-state index contributed by atoms with van der Waals surface area (Å²) in [5, 5.41) is 6.70. The van der Waals surface area contributed by atoms with Gasteiger partial charge in [-0.3, -0.25) is 9.69 Å². The van der Waals surface area contributed by atoms with Gasteiger partial charge in [0.15, 0.2) is 5.76 Å². The molecule has 1 heterocycles. The van der Waals surface area contributed by atoms with E-state index < -0.39 is 6.04 Å². The minimum atomic E-state index is -0.492. The van der Waals surface area contributed by atoms with Crippen molar-refractivity contribution in [2.45, 2.75) is 25.9 Å². The predicted octanol–water partition coefficient (Wildman–Crippen LogP) is 2.30. The van der Waals surface area contributed by atoms with Gasteiger partial charge >= 0.3 is 0 Å². The lowest BCUT2D eigenvalue weighted by molar-refractivity contribution is -0.126. The summed E-state index contributed by atoms with van der Waals surface area (Å²) in [6.07, 6.45) is 0.785. The molecule has 0 radical (unpaired) electrons. The van der Waals surface area contributed by atoms with Gasteiger partial charge in [0.2, 0.25) is 5.91 Å². The van der Waals surface area contributed by atoms with Crippen LogP contribution < -0.4 is 5.32 Å². The highest BCUT2D eigenvalue weighted by atomic mass is 19.1. The van der Waals surface area contributed by atoms with Gasteiger partial charge in [-0.1, -0.05) is 24.2 Å². The minimum Gasteiger partial charge on any atom is -0.359 e. The molecular formula is C16H20FN3O2. The van der Waals surface area contributed by atoms with Crippen LogP contribution in [0.4, 0.5) is 4.39 Å². The summed E-state index contributed by atoms with van der Waals surface area (Å²) < 4.78 is 18.2. The molecule has 0 saturated heterocycles. The zero-order chi connectivity index (χ0) is 16.1. The van der Waals surface area contributed by atoms with Crippen LogP contribution in [0.2, 0.25) is 0 Å². The molecule has 6 heteroatoms. The fourth-order valence-electron chi connectivity index (χ4n) is 2.21. The van der Waals surface area contributed by atoms with Crippen LogP contribution in [0.5, 0.6) is 0 Å². The Kier molecular flexibility index (Phi) is 5.27. The third-order valence-corrected chi connectivity index (χ3v) is 3.36. The van der Waals surface area contributed by atoms with E-state index in [1.54, 1.807) is 31.1 Å². The highest BCUT2D eigenvalue weighted by molar-refractivity contribution is 5.83. The predicted molar refractivity (Wildman–Crippen MR) is 80.6 cm³/mol. The van der Waals surface area contributed by atoms with E-state index in [2.05, 4.69) is 10.5 Å². The highest BCUT2D eigenvalue weighted by Gasteiger charge is 2.23. The fourth-order valence-corrected chi connectivity index (χ4v) is 2.21. The minimum absolute atomic E-state index is 0.175. The molecular weight excluding hydrogens is 285 g/mol. The molecule has 0 bridgehead atoms. The van der Waals surface area contributed by atoms with E-state index in [0.717, 1.165) is 17.7 Å². The first-order valence-corrected chi connectivity index (χ1v) is 7.15.